The molecule has 9 aromatic rings. The predicted octanol–water partition coefficient (Wildman–Crippen LogP) is 10.3. The fourth-order valence-corrected chi connectivity index (χ4v) is 6.59. The van der Waals surface area contributed by atoms with Crippen molar-refractivity contribution in [1.82, 2.24) is 19.4 Å². The van der Waals surface area contributed by atoms with E-state index in [4.69, 9.17) is 15.0 Å². The van der Waals surface area contributed by atoms with Crippen LogP contribution in [0.15, 0.2) is 158 Å². The maximum absolute atomic E-state index is 5.04. The lowest BCUT2D eigenvalue weighted by Gasteiger charge is -2.13. The van der Waals surface area contributed by atoms with E-state index in [1.54, 1.807) is 0 Å². The first kappa shape index (κ1) is 25.4. The highest BCUT2D eigenvalue weighted by Crippen LogP contribution is 2.43. The van der Waals surface area contributed by atoms with E-state index in [2.05, 4.69) is 101 Å². The highest BCUT2D eigenvalue weighted by molar-refractivity contribution is 6.22. The summed E-state index contributed by atoms with van der Waals surface area (Å²) in [6.45, 7) is 0. The number of para-hydroxylation sites is 2. The summed E-state index contributed by atoms with van der Waals surface area (Å²) in [5, 5.41) is 4.79. The first-order valence-corrected chi connectivity index (χ1v) is 15.1. The zero-order valence-electron chi connectivity index (χ0n) is 24.3. The van der Waals surface area contributed by atoms with Crippen LogP contribution in [-0.2, 0) is 0 Å². The molecule has 0 saturated carbocycles. The highest BCUT2D eigenvalue weighted by Gasteiger charge is 2.20. The average molecular weight is 575 g/mol. The van der Waals surface area contributed by atoms with Crippen LogP contribution in [0, 0.1) is 0 Å². The number of rotatable bonds is 4. The summed E-state index contributed by atoms with van der Waals surface area (Å²) in [5.74, 6) is 1.96. The molecule has 0 radical (unpaired) electrons. The quantitative estimate of drug-likeness (QED) is 0.196. The molecular weight excluding hydrogens is 548 g/mol. The van der Waals surface area contributed by atoms with Crippen molar-refractivity contribution in [2.45, 2.75) is 0 Å². The molecule has 4 heteroatoms. The van der Waals surface area contributed by atoms with Crippen LogP contribution in [0.3, 0.4) is 0 Å². The molecule has 6 aromatic carbocycles. The Kier molecular flexibility index (Phi) is 5.78. The van der Waals surface area contributed by atoms with Crippen molar-refractivity contribution in [2.24, 2.45) is 0 Å². The van der Waals surface area contributed by atoms with E-state index in [-0.39, 0.29) is 0 Å². The van der Waals surface area contributed by atoms with Crippen molar-refractivity contribution < 1.29 is 0 Å². The van der Waals surface area contributed by atoms with Crippen LogP contribution >= 0.6 is 0 Å². The third-order valence-corrected chi connectivity index (χ3v) is 8.60. The predicted molar refractivity (Wildman–Crippen MR) is 185 cm³/mol. The molecule has 0 spiro atoms. The zero-order valence-corrected chi connectivity index (χ0v) is 24.3. The lowest BCUT2D eigenvalue weighted by atomic mass is 9.97. The van der Waals surface area contributed by atoms with E-state index in [1.165, 1.54) is 43.8 Å². The van der Waals surface area contributed by atoms with Crippen molar-refractivity contribution in [1.29, 1.82) is 0 Å². The van der Waals surface area contributed by atoms with E-state index < -0.39 is 0 Å². The van der Waals surface area contributed by atoms with Gasteiger partial charge in [0.2, 0.25) is 0 Å². The van der Waals surface area contributed by atoms with Crippen LogP contribution in [0.2, 0.25) is 0 Å². The number of benzene rings is 6. The van der Waals surface area contributed by atoms with E-state index in [0.29, 0.717) is 17.5 Å². The van der Waals surface area contributed by atoms with Crippen LogP contribution in [-0.4, -0.2) is 19.4 Å². The molecule has 3 aromatic heterocycles. The minimum absolute atomic E-state index is 0.647. The summed E-state index contributed by atoms with van der Waals surface area (Å²) in [6.07, 6.45) is 0. The monoisotopic (exact) mass is 574 g/mol. The molecule has 210 valence electrons. The summed E-state index contributed by atoms with van der Waals surface area (Å²) < 4.78 is 2.43. The summed E-state index contributed by atoms with van der Waals surface area (Å²) >= 11 is 0. The van der Waals surface area contributed by atoms with Crippen LogP contribution in [0.5, 0.6) is 0 Å². The van der Waals surface area contributed by atoms with Crippen molar-refractivity contribution >= 4 is 38.1 Å². The Hall–Kier alpha value is -6.13. The molecule has 3 heterocycles. The molecule has 4 nitrogen and oxygen atoms in total. The Balaban J connectivity index is 1.40. The number of hydrogen-bond donors (Lipinski definition) is 0. The summed E-state index contributed by atoms with van der Waals surface area (Å²) in [6, 6.07) is 55.0. The number of pyridine rings is 1. The van der Waals surface area contributed by atoms with Gasteiger partial charge in [0.1, 0.15) is 0 Å². The molecule has 0 aliphatic carbocycles. The minimum Gasteiger partial charge on any atom is -0.308 e. The summed E-state index contributed by atoms with van der Waals surface area (Å²) in [5.41, 5.74) is 8.82. The fourth-order valence-electron chi connectivity index (χ4n) is 6.59. The number of aromatic nitrogens is 4. The van der Waals surface area contributed by atoms with E-state index in [0.717, 1.165) is 22.1 Å². The second-order valence-electron chi connectivity index (χ2n) is 11.3. The average Bonchev–Trinajstić information content (AvgIpc) is 3.48. The standard InChI is InChI=1S/C41H26N4/c1-4-14-27(15-5-1)37-33-21-11-13-23-36(33)45-35-22-12-10-20-32(35)31-25-24-30(26-34(31)38(37)45)41-43-39(28-16-6-2-7-17-28)42-40(44-41)29-18-8-3-9-19-29/h1-26H. The van der Waals surface area contributed by atoms with Crippen LogP contribution in [0.25, 0.3) is 83.4 Å². The molecule has 0 bridgehead atoms. The van der Waals surface area contributed by atoms with Gasteiger partial charge in [0.15, 0.2) is 17.5 Å². The van der Waals surface area contributed by atoms with E-state index in [1.807, 2.05) is 60.7 Å². The fraction of sp³-hybridized carbons (Fsp3) is 0. The molecule has 0 fully saturated rings. The van der Waals surface area contributed by atoms with Gasteiger partial charge < -0.3 is 4.40 Å². The molecule has 0 N–H and O–H groups in total. The highest BCUT2D eigenvalue weighted by atomic mass is 15.0. The third kappa shape index (κ3) is 4.11. The van der Waals surface area contributed by atoms with Gasteiger partial charge in [-0.3, -0.25) is 0 Å². The lowest BCUT2D eigenvalue weighted by molar-refractivity contribution is 1.07. The largest absolute Gasteiger partial charge is 0.308 e. The molecule has 9 rings (SSSR count). The normalized spacial score (nSPS) is 11.6. The number of fused-ring (bicyclic) bond motifs is 8. The first-order valence-electron chi connectivity index (χ1n) is 15.1. The van der Waals surface area contributed by atoms with Gasteiger partial charge in [-0.2, -0.15) is 0 Å². The van der Waals surface area contributed by atoms with Gasteiger partial charge in [0.05, 0.1) is 16.6 Å². The molecule has 0 aliphatic heterocycles. The van der Waals surface area contributed by atoms with Gasteiger partial charge in [-0.25, -0.2) is 15.0 Å². The molecule has 0 amide bonds. The van der Waals surface area contributed by atoms with Crippen molar-refractivity contribution in [3.8, 4) is 45.3 Å². The smallest absolute Gasteiger partial charge is 0.164 e. The van der Waals surface area contributed by atoms with Crippen molar-refractivity contribution in [3.63, 3.8) is 0 Å². The molecule has 0 atom stereocenters. The van der Waals surface area contributed by atoms with Crippen molar-refractivity contribution in [3.05, 3.63) is 158 Å². The number of hydrogen-bond acceptors (Lipinski definition) is 3. The van der Waals surface area contributed by atoms with Crippen LogP contribution in [0.1, 0.15) is 0 Å². The molecule has 0 saturated heterocycles. The van der Waals surface area contributed by atoms with E-state index in [9.17, 15) is 0 Å². The van der Waals surface area contributed by atoms with Gasteiger partial charge in [-0.15, -0.1) is 0 Å². The van der Waals surface area contributed by atoms with Gasteiger partial charge in [0, 0.05) is 38.4 Å². The molecule has 0 aliphatic rings. The molecular formula is C41H26N4. The third-order valence-electron chi connectivity index (χ3n) is 8.60. The van der Waals surface area contributed by atoms with Crippen LogP contribution < -0.4 is 0 Å². The summed E-state index contributed by atoms with van der Waals surface area (Å²) in [4.78, 5) is 15.0. The van der Waals surface area contributed by atoms with Gasteiger partial charge >= 0.3 is 0 Å². The zero-order chi connectivity index (χ0) is 29.7. The Labute approximate surface area is 259 Å². The van der Waals surface area contributed by atoms with E-state index >= 15 is 0 Å². The molecule has 0 unspecified atom stereocenters. The minimum atomic E-state index is 0.647. The Bertz CT molecular complexity index is 2460. The van der Waals surface area contributed by atoms with Crippen LogP contribution in [0.4, 0.5) is 0 Å². The first-order chi connectivity index (χ1) is 22.3. The SMILES string of the molecule is c1ccc(-c2nc(-c3ccccc3)nc(-c3ccc4c5ccccc5n5c6ccccc6c(-c6ccccc6)c5c4c3)n2)cc1. The Morgan fingerprint density at radius 2 is 0.800 bits per heavy atom. The lowest BCUT2D eigenvalue weighted by Crippen LogP contribution is -2.00. The van der Waals surface area contributed by atoms with Crippen molar-refractivity contribution in [2.75, 3.05) is 0 Å². The summed E-state index contributed by atoms with van der Waals surface area (Å²) in [7, 11) is 0. The number of nitrogens with zero attached hydrogens (tertiary/aromatic N) is 4. The molecule has 45 heavy (non-hydrogen) atoms. The second kappa shape index (κ2) is 10.2. The topological polar surface area (TPSA) is 43.1 Å². The maximum atomic E-state index is 5.04. The second-order valence-corrected chi connectivity index (χ2v) is 11.3. The Morgan fingerprint density at radius 1 is 0.333 bits per heavy atom. The van der Waals surface area contributed by atoms with Gasteiger partial charge in [0.25, 0.3) is 0 Å². The Morgan fingerprint density at radius 3 is 1.40 bits per heavy atom. The maximum Gasteiger partial charge on any atom is 0.164 e. The van der Waals surface area contributed by atoms with Gasteiger partial charge in [-0.05, 0) is 29.1 Å². The van der Waals surface area contributed by atoms with Gasteiger partial charge in [-0.1, -0.05) is 140 Å².